The van der Waals surface area contributed by atoms with E-state index in [0.29, 0.717) is 17.9 Å². The van der Waals surface area contributed by atoms with Gasteiger partial charge in [-0.15, -0.1) is 0 Å². The first kappa shape index (κ1) is 9.49. The van der Waals surface area contributed by atoms with Gasteiger partial charge in [-0.05, 0) is 18.8 Å². The third kappa shape index (κ3) is 1.89. The predicted octanol–water partition coefficient (Wildman–Crippen LogP) is 0.639. The first-order chi connectivity index (χ1) is 6.70. The Morgan fingerprint density at radius 1 is 1.64 bits per heavy atom. The predicted molar refractivity (Wildman–Crippen MR) is 55.0 cm³/mol. The molecule has 1 aliphatic carbocycles. The van der Waals surface area contributed by atoms with E-state index in [1.165, 1.54) is 12.8 Å². The number of guanidine groups is 1. The zero-order valence-corrected chi connectivity index (χ0v) is 8.71. The number of hydrogen-bond donors (Lipinski definition) is 2. The molecule has 2 N–H and O–H groups in total. The molecule has 1 heterocycles. The topological polar surface area (TPSA) is 53.5 Å². The summed E-state index contributed by atoms with van der Waals surface area (Å²) in [5, 5.41) is 6.00. The van der Waals surface area contributed by atoms with Gasteiger partial charge >= 0.3 is 0 Å². The monoisotopic (exact) mass is 195 g/mol. The van der Waals surface area contributed by atoms with E-state index in [1.54, 1.807) is 0 Å². The van der Waals surface area contributed by atoms with E-state index in [0.717, 1.165) is 6.42 Å². The van der Waals surface area contributed by atoms with Crippen molar-refractivity contribution in [2.45, 2.75) is 45.2 Å². The van der Waals surface area contributed by atoms with Crippen LogP contribution < -0.4 is 10.6 Å². The number of nitrogens with zero attached hydrogens (tertiary/aromatic N) is 1. The van der Waals surface area contributed by atoms with Crippen molar-refractivity contribution >= 4 is 11.9 Å². The van der Waals surface area contributed by atoms with Crippen LogP contribution in [-0.2, 0) is 4.79 Å². The maximum Gasteiger partial charge on any atom is 0.251 e. The molecule has 2 unspecified atom stereocenters. The van der Waals surface area contributed by atoms with Crippen LogP contribution in [0.25, 0.3) is 0 Å². The van der Waals surface area contributed by atoms with Gasteiger partial charge in [-0.1, -0.05) is 20.3 Å². The number of aliphatic imine (C=N–C) groups is 1. The molecule has 0 saturated heterocycles. The van der Waals surface area contributed by atoms with E-state index >= 15 is 0 Å². The zero-order valence-electron chi connectivity index (χ0n) is 8.71. The molecule has 2 rings (SSSR count). The summed E-state index contributed by atoms with van der Waals surface area (Å²) in [7, 11) is 0. The summed E-state index contributed by atoms with van der Waals surface area (Å²) in [5.41, 5.74) is 0. The number of nitrogens with one attached hydrogen (secondary N) is 2. The van der Waals surface area contributed by atoms with Crippen LogP contribution >= 0.6 is 0 Å². The number of amides is 1. The third-order valence-electron chi connectivity index (χ3n) is 2.88. The quantitative estimate of drug-likeness (QED) is 0.694. The molecule has 2 atom stereocenters. The molecular formula is C10H17N3O. The second-order valence-corrected chi connectivity index (χ2v) is 4.22. The second-order valence-electron chi connectivity index (χ2n) is 4.22. The summed E-state index contributed by atoms with van der Waals surface area (Å²) in [6, 6.07) is 0.367. The summed E-state index contributed by atoms with van der Waals surface area (Å²) < 4.78 is 0. The lowest BCUT2D eigenvalue weighted by molar-refractivity contribution is -0.121. The van der Waals surface area contributed by atoms with Crippen LogP contribution in [0.1, 0.15) is 33.1 Å². The average molecular weight is 195 g/mol. The van der Waals surface area contributed by atoms with Crippen LogP contribution in [0.15, 0.2) is 4.99 Å². The Morgan fingerprint density at radius 2 is 2.36 bits per heavy atom. The number of hydrogen-bond acceptors (Lipinski definition) is 3. The molecule has 1 amide bonds. The number of carbonyl (C=O) groups is 1. The lowest BCUT2D eigenvalue weighted by atomic mass is 10.00. The van der Waals surface area contributed by atoms with Gasteiger partial charge in [0.05, 0.1) is 0 Å². The van der Waals surface area contributed by atoms with Crippen molar-refractivity contribution in [1.82, 2.24) is 10.6 Å². The Bertz CT molecular complexity index is 271. The van der Waals surface area contributed by atoms with Crippen molar-refractivity contribution in [3.05, 3.63) is 0 Å². The maximum absolute atomic E-state index is 11.5. The first-order valence-electron chi connectivity index (χ1n) is 5.36. The van der Waals surface area contributed by atoms with Crippen molar-refractivity contribution in [2.75, 3.05) is 0 Å². The van der Waals surface area contributed by atoms with E-state index in [4.69, 9.17) is 0 Å². The van der Waals surface area contributed by atoms with E-state index in [9.17, 15) is 4.79 Å². The summed E-state index contributed by atoms with van der Waals surface area (Å²) >= 11 is 0. The second kappa shape index (κ2) is 3.59. The Labute approximate surface area is 84.2 Å². The minimum Gasteiger partial charge on any atom is -0.353 e. The zero-order chi connectivity index (χ0) is 10.1. The van der Waals surface area contributed by atoms with Crippen molar-refractivity contribution in [3.8, 4) is 0 Å². The normalized spacial score (nSPS) is 28.3. The molecule has 4 nitrogen and oxygen atoms in total. The highest BCUT2D eigenvalue weighted by Crippen LogP contribution is 2.20. The third-order valence-corrected chi connectivity index (χ3v) is 2.88. The number of rotatable bonds is 3. The Morgan fingerprint density at radius 3 is 2.93 bits per heavy atom. The summed E-state index contributed by atoms with van der Waals surface area (Å²) in [4.78, 5) is 15.9. The van der Waals surface area contributed by atoms with Crippen molar-refractivity contribution < 1.29 is 4.79 Å². The highest BCUT2D eigenvalue weighted by Gasteiger charge is 2.32. The maximum atomic E-state index is 11.5. The lowest BCUT2D eigenvalue weighted by Gasteiger charge is -2.10. The van der Waals surface area contributed by atoms with Crippen LogP contribution in [-0.4, -0.2) is 24.0 Å². The summed E-state index contributed by atoms with van der Waals surface area (Å²) in [6.45, 7) is 4.15. The minimum absolute atomic E-state index is 0.0440. The molecule has 1 aliphatic heterocycles. The molecule has 1 fully saturated rings. The highest BCUT2D eigenvalue weighted by molar-refractivity contribution is 6.05. The van der Waals surface area contributed by atoms with Crippen molar-refractivity contribution in [3.63, 3.8) is 0 Å². The van der Waals surface area contributed by atoms with E-state index in [1.807, 2.05) is 0 Å². The fourth-order valence-electron chi connectivity index (χ4n) is 1.52. The molecule has 0 aromatic rings. The minimum atomic E-state index is -0.179. The van der Waals surface area contributed by atoms with Gasteiger partial charge in [-0.3, -0.25) is 10.1 Å². The average Bonchev–Trinajstić information content (AvgIpc) is 2.89. The molecule has 0 bridgehead atoms. The van der Waals surface area contributed by atoms with Crippen LogP contribution in [0.5, 0.6) is 0 Å². The summed E-state index contributed by atoms with van der Waals surface area (Å²) in [6.07, 6.45) is 3.38. The first-order valence-corrected chi connectivity index (χ1v) is 5.36. The van der Waals surface area contributed by atoms with Crippen LogP contribution in [0.2, 0.25) is 0 Å². The molecular weight excluding hydrogens is 178 g/mol. The lowest BCUT2D eigenvalue weighted by Crippen LogP contribution is -2.39. The Balaban J connectivity index is 1.96. The van der Waals surface area contributed by atoms with Crippen molar-refractivity contribution in [1.29, 1.82) is 0 Å². The molecule has 0 radical (unpaired) electrons. The Hall–Kier alpha value is -1.06. The number of carbonyl (C=O) groups excluding carboxylic acids is 1. The smallest absolute Gasteiger partial charge is 0.251 e. The van der Waals surface area contributed by atoms with Crippen LogP contribution in [0, 0.1) is 5.92 Å². The molecule has 4 heteroatoms. The highest BCUT2D eigenvalue weighted by atomic mass is 16.2. The SMILES string of the molecule is CCC(C)C1N=C(NC2CC2)NC1=O. The van der Waals surface area contributed by atoms with Gasteiger partial charge in [0, 0.05) is 6.04 Å². The van der Waals surface area contributed by atoms with E-state index < -0.39 is 0 Å². The largest absolute Gasteiger partial charge is 0.353 e. The van der Waals surface area contributed by atoms with Gasteiger partial charge in [-0.2, -0.15) is 0 Å². The van der Waals surface area contributed by atoms with Crippen LogP contribution in [0.4, 0.5) is 0 Å². The van der Waals surface area contributed by atoms with E-state index in [-0.39, 0.29) is 11.9 Å². The van der Waals surface area contributed by atoms with Gasteiger partial charge in [0.15, 0.2) is 5.96 Å². The van der Waals surface area contributed by atoms with Gasteiger partial charge in [0.2, 0.25) is 0 Å². The van der Waals surface area contributed by atoms with Crippen LogP contribution in [0.3, 0.4) is 0 Å². The standard InChI is InChI=1S/C10H17N3O/c1-3-6(2)8-9(14)13-10(12-8)11-7-4-5-7/h6-8H,3-5H2,1-2H3,(H2,11,12,13,14). The Kier molecular flexibility index (Phi) is 2.44. The van der Waals surface area contributed by atoms with Gasteiger partial charge in [0.1, 0.15) is 6.04 Å². The fraction of sp³-hybridized carbons (Fsp3) is 0.800. The molecule has 78 valence electrons. The summed E-state index contributed by atoms with van der Waals surface area (Å²) in [5.74, 6) is 1.05. The molecule has 2 aliphatic rings. The van der Waals surface area contributed by atoms with Gasteiger partial charge < -0.3 is 5.32 Å². The molecule has 0 aromatic heterocycles. The van der Waals surface area contributed by atoms with E-state index in [2.05, 4.69) is 29.5 Å². The molecule has 0 aromatic carbocycles. The molecule has 14 heavy (non-hydrogen) atoms. The molecule has 0 spiro atoms. The fourth-order valence-corrected chi connectivity index (χ4v) is 1.52. The van der Waals surface area contributed by atoms with Gasteiger partial charge in [-0.25, -0.2) is 4.99 Å². The van der Waals surface area contributed by atoms with Crippen molar-refractivity contribution in [2.24, 2.45) is 10.9 Å². The molecule has 1 saturated carbocycles. The van der Waals surface area contributed by atoms with Gasteiger partial charge in [0.25, 0.3) is 5.91 Å².